The second-order valence-electron chi connectivity index (χ2n) is 8.74. The van der Waals surface area contributed by atoms with E-state index in [4.69, 9.17) is 44.9 Å². The summed E-state index contributed by atoms with van der Waals surface area (Å²) in [4.78, 5) is 27.6. The number of hydrogen-bond donors (Lipinski definition) is 1. The van der Waals surface area contributed by atoms with Crippen LogP contribution in [0.25, 0.3) is 6.08 Å². The number of thiocarbonyl (C=S) groups is 1. The number of halogens is 2. The van der Waals surface area contributed by atoms with Gasteiger partial charge in [0.15, 0.2) is 16.6 Å². The third kappa shape index (κ3) is 6.33. The summed E-state index contributed by atoms with van der Waals surface area (Å²) in [7, 11) is 0. The molecule has 1 fully saturated rings. The maximum Gasteiger partial charge on any atom is 0.270 e. The summed E-state index contributed by atoms with van der Waals surface area (Å²) < 4.78 is 12.1. The molecule has 200 valence electrons. The first-order valence-electron chi connectivity index (χ1n) is 12.2. The van der Waals surface area contributed by atoms with Crippen molar-refractivity contribution in [3.05, 3.63) is 105 Å². The van der Waals surface area contributed by atoms with E-state index in [1.165, 1.54) is 6.08 Å². The number of benzene rings is 3. The van der Waals surface area contributed by atoms with Crippen molar-refractivity contribution in [2.45, 2.75) is 26.9 Å². The summed E-state index contributed by atoms with van der Waals surface area (Å²) >= 11 is 17.8. The number of allylic oxidation sites excluding steroid dienone is 1. The number of anilines is 1. The summed E-state index contributed by atoms with van der Waals surface area (Å²) in [6.45, 7) is 8.50. The Hall–Kier alpha value is -3.65. The summed E-state index contributed by atoms with van der Waals surface area (Å²) in [5.74, 6) is -0.183. The molecule has 0 unspecified atom stereocenters. The number of aryl methyl sites for hydroxylation is 1. The molecule has 1 heterocycles. The average molecular weight is 582 g/mol. The van der Waals surface area contributed by atoms with Crippen molar-refractivity contribution in [2.75, 3.05) is 11.5 Å². The lowest BCUT2D eigenvalue weighted by atomic mass is 10.0. The molecule has 6 nitrogen and oxygen atoms in total. The van der Waals surface area contributed by atoms with Crippen molar-refractivity contribution >= 4 is 64.1 Å². The fraction of sp³-hybridized carbons (Fsp3) is 0.167. The van der Waals surface area contributed by atoms with Crippen LogP contribution in [0.5, 0.6) is 11.5 Å². The van der Waals surface area contributed by atoms with Gasteiger partial charge in [-0.05, 0) is 74.0 Å². The molecular weight excluding hydrogens is 555 g/mol. The zero-order valence-electron chi connectivity index (χ0n) is 21.4. The standard InChI is InChI=1S/C30H26Cl2N2O4S/c1-4-8-21-14-20(16-25(37-5-2)27(21)38-17-19-10-6-9-18(3)13-19)15-22-28(35)33-30(39)34(29(22)36)24-12-7-11-23(31)26(24)32/h4,6-7,9-16H,1,5,8,17H2,2-3H3,(H,33,35,39)/b22-15+. The fourth-order valence-corrected chi connectivity index (χ4v) is 4.82. The van der Waals surface area contributed by atoms with Crippen molar-refractivity contribution in [3.63, 3.8) is 0 Å². The summed E-state index contributed by atoms with van der Waals surface area (Å²) in [6.07, 6.45) is 3.72. The van der Waals surface area contributed by atoms with Gasteiger partial charge in [0.1, 0.15) is 12.2 Å². The zero-order chi connectivity index (χ0) is 28.1. The zero-order valence-corrected chi connectivity index (χ0v) is 23.8. The number of hydrogen-bond acceptors (Lipinski definition) is 5. The van der Waals surface area contributed by atoms with E-state index in [1.807, 2.05) is 38.1 Å². The molecule has 0 bridgehead atoms. The van der Waals surface area contributed by atoms with Crippen LogP contribution in [-0.2, 0) is 22.6 Å². The first kappa shape index (κ1) is 28.4. The van der Waals surface area contributed by atoms with Crippen LogP contribution in [0, 0.1) is 6.92 Å². The van der Waals surface area contributed by atoms with E-state index in [2.05, 4.69) is 18.0 Å². The van der Waals surface area contributed by atoms with Crippen LogP contribution in [-0.4, -0.2) is 23.5 Å². The number of rotatable bonds is 9. The third-order valence-corrected chi connectivity index (χ3v) is 6.96. The number of ether oxygens (including phenoxy) is 2. The second kappa shape index (κ2) is 12.5. The highest BCUT2D eigenvalue weighted by atomic mass is 35.5. The third-order valence-electron chi connectivity index (χ3n) is 5.87. The second-order valence-corrected chi connectivity index (χ2v) is 9.91. The minimum atomic E-state index is -0.629. The van der Waals surface area contributed by atoms with Crippen molar-refractivity contribution in [1.82, 2.24) is 5.32 Å². The van der Waals surface area contributed by atoms with E-state index >= 15 is 0 Å². The Kier molecular flexibility index (Phi) is 9.07. The minimum absolute atomic E-state index is 0.0893. The molecule has 4 rings (SSSR count). The van der Waals surface area contributed by atoms with Gasteiger partial charge in [-0.3, -0.25) is 19.8 Å². The van der Waals surface area contributed by atoms with Crippen molar-refractivity contribution in [3.8, 4) is 11.5 Å². The lowest BCUT2D eigenvalue weighted by Crippen LogP contribution is -2.54. The number of carbonyl (C=O) groups excluding carboxylic acids is 2. The molecule has 3 aromatic rings. The molecule has 0 radical (unpaired) electrons. The van der Waals surface area contributed by atoms with Crippen molar-refractivity contribution in [2.24, 2.45) is 0 Å². The number of nitrogens with zero attached hydrogens (tertiary/aromatic N) is 1. The number of carbonyl (C=O) groups is 2. The molecule has 0 aliphatic carbocycles. The highest BCUT2D eigenvalue weighted by Crippen LogP contribution is 2.37. The van der Waals surface area contributed by atoms with E-state index in [0.717, 1.165) is 21.6 Å². The van der Waals surface area contributed by atoms with Gasteiger partial charge in [-0.1, -0.05) is 65.2 Å². The number of amides is 2. The van der Waals surface area contributed by atoms with Crippen LogP contribution >= 0.6 is 35.4 Å². The van der Waals surface area contributed by atoms with Crippen molar-refractivity contribution in [1.29, 1.82) is 0 Å². The Morgan fingerprint density at radius 1 is 1.08 bits per heavy atom. The SMILES string of the molecule is C=CCc1cc(/C=C2\C(=O)NC(=S)N(c3cccc(Cl)c3Cl)C2=O)cc(OCC)c1OCc1cccc(C)c1. The predicted molar refractivity (Wildman–Crippen MR) is 160 cm³/mol. The topological polar surface area (TPSA) is 67.9 Å². The molecule has 0 atom stereocenters. The molecular formula is C30H26Cl2N2O4S. The predicted octanol–water partition coefficient (Wildman–Crippen LogP) is 6.84. The van der Waals surface area contributed by atoms with Gasteiger partial charge in [0.25, 0.3) is 11.8 Å². The molecule has 1 saturated heterocycles. The molecule has 0 aromatic heterocycles. The smallest absolute Gasteiger partial charge is 0.270 e. The van der Waals surface area contributed by atoms with Gasteiger partial charge in [-0.25, -0.2) is 0 Å². The quantitative estimate of drug-likeness (QED) is 0.130. The first-order valence-corrected chi connectivity index (χ1v) is 13.3. The molecule has 1 N–H and O–H groups in total. The lowest BCUT2D eigenvalue weighted by Gasteiger charge is -2.29. The van der Waals surface area contributed by atoms with Gasteiger partial charge in [0.2, 0.25) is 0 Å². The van der Waals surface area contributed by atoms with Crippen LogP contribution in [0.1, 0.15) is 29.2 Å². The molecule has 1 aliphatic heterocycles. The minimum Gasteiger partial charge on any atom is -0.490 e. The van der Waals surface area contributed by atoms with E-state index in [9.17, 15) is 9.59 Å². The van der Waals surface area contributed by atoms with Gasteiger partial charge in [0, 0.05) is 5.56 Å². The summed E-state index contributed by atoms with van der Waals surface area (Å²) in [5, 5.41) is 2.87. The molecule has 0 spiro atoms. The first-order chi connectivity index (χ1) is 18.7. The maximum atomic E-state index is 13.5. The van der Waals surface area contributed by atoms with Crippen molar-refractivity contribution < 1.29 is 19.1 Å². The average Bonchev–Trinajstić information content (AvgIpc) is 2.89. The van der Waals surface area contributed by atoms with Gasteiger partial charge in [0.05, 0.1) is 22.3 Å². The van der Waals surface area contributed by atoms with Gasteiger partial charge in [-0.2, -0.15) is 0 Å². The van der Waals surface area contributed by atoms with Gasteiger partial charge >= 0.3 is 0 Å². The van der Waals surface area contributed by atoms with Crippen LogP contribution in [0.15, 0.2) is 72.8 Å². The molecule has 39 heavy (non-hydrogen) atoms. The number of nitrogens with one attached hydrogen (secondary N) is 1. The van der Waals surface area contributed by atoms with E-state index in [0.29, 0.717) is 36.7 Å². The van der Waals surface area contributed by atoms with Crippen LogP contribution < -0.4 is 19.7 Å². The Morgan fingerprint density at radius 2 is 1.85 bits per heavy atom. The van der Waals surface area contributed by atoms with E-state index in [1.54, 1.807) is 30.3 Å². The van der Waals surface area contributed by atoms with E-state index in [-0.39, 0.29) is 26.4 Å². The normalized spacial score (nSPS) is 14.4. The largest absolute Gasteiger partial charge is 0.490 e. The van der Waals surface area contributed by atoms with Crippen LogP contribution in [0.3, 0.4) is 0 Å². The Morgan fingerprint density at radius 3 is 2.56 bits per heavy atom. The Bertz CT molecular complexity index is 1500. The van der Waals surface area contributed by atoms with Crippen LogP contribution in [0.4, 0.5) is 5.69 Å². The van der Waals surface area contributed by atoms with Gasteiger partial charge in [-0.15, -0.1) is 6.58 Å². The summed E-state index contributed by atoms with van der Waals surface area (Å²) in [6, 6.07) is 16.5. The monoisotopic (exact) mass is 580 g/mol. The molecule has 3 aromatic carbocycles. The molecule has 0 saturated carbocycles. The van der Waals surface area contributed by atoms with E-state index < -0.39 is 11.8 Å². The highest BCUT2D eigenvalue weighted by Gasteiger charge is 2.35. The molecule has 9 heteroatoms. The highest BCUT2D eigenvalue weighted by molar-refractivity contribution is 7.80. The lowest BCUT2D eigenvalue weighted by molar-refractivity contribution is -0.122. The maximum absolute atomic E-state index is 13.5. The fourth-order valence-electron chi connectivity index (χ4n) is 4.17. The van der Waals surface area contributed by atoms with Gasteiger partial charge < -0.3 is 9.47 Å². The van der Waals surface area contributed by atoms with Crippen LogP contribution in [0.2, 0.25) is 10.0 Å². The molecule has 1 aliphatic rings. The Labute approximate surface area is 242 Å². The molecule has 2 amide bonds. The summed E-state index contributed by atoms with van der Waals surface area (Å²) in [5.41, 5.74) is 3.67. The Balaban J connectivity index is 1.74.